The largest absolute Gasteiger partial charge is 0.299 e. The third kappa shape index (κ3) is 1.82. The summed E-state index contributed by atoms with van der Waals surface area (Å²) in [5.41, 5.74) is 0. The fourth-order valence-electron chi connectivity index (χ4n) is 1.50. The molecule has 0 aliphatic heterocycles. The van der Waals surface area contributed by atoms with E-state index >= 15 is 0 Å². The average molecular weight is 217 g/mol. The molecule has 2 rings (SSSR count). The third-order valence-corrected chi connectivity index (χ3v) is 3.16. The van der Waals surface area contributed by atoms with E-state index in [-0.39, 0.29) is 17.6 Å². The van der Waals surface area contributed by atoms with Crippen molar-refractivity contribution in [3.63, 3.8) is 0 Å². The van der Waals surface area contributed by atoms with Crippen LogP contribution in [0.1, 0.15) is 12.8 Å². The Balaban J connectivity index is 2.17. The number of alkyl halides is 2. The number of hydrogen-bond acceptors (Lipinski definition) is 1. The van der Waals surface area contributed by atoms with Gasteiger partial charge >= 0.3 is 0 Å². The van der Waals surface area contributed by atoms with Crippen molar-refractivity contribution in [1.82, 2.24) is 0 Å². The topological polar surface area (TPSA) is 17.1 Å². The Morgan fingerprint density at radius 3 is 2.54 bits per heavy atom. The van der Waals surface area contributed by atoms with Crippen LogP contribution in [0.3, 0.4) is 0 Å². The van der Waals surface area contributed by atoms with Crippen molar-refractivity contribution in [3.05, 3.63) is 24.3 Å². The smallest absolute Gasteiger partial charge is 0.149 e. The third-order valence-electron chi connectivity index (χ3n) is 2.43. The van der Waals surface area contributed by atoms with Gasteiger partial charge in [0, 0.05) is 5.92 Å². The van der Waals surface area contributed by atoms with Gasteiger partial charge in [-0.05, 0) is 18.9 Å². The molecule has 0 radical (unpaired) electrons. The molecule has 1 atom stereocenters. The van der Waals surface area contributed by atoms with Crippen LogP contribution in [0.5, 0.6) is 0 Å². The lowest BCUT2D eigenvalue weighted by molar-refractivity contribution is -0.122. The van der Waals surface area contributed by atoms with Crippen LogP contribution in [-0.4, -0.2) is 10.1 Å². The van der Waals surface area contributed by atoms with Crippen molar-refractivity contribution in [2.45, 2.75) is 17.2 Å². The van der Waals surface area contributed by atoms with Crippen molar-refractivity contribution in [2.24, 2.45) is 11.8 Å². The Hall–Kier alpha value is -0.270. The van der Waals surface area contributed by atoms with Gasteiger partial charge in [-0.3, -0.25) is 4.79 Å². The summed E-state index contributed by atoms with van der Waals surface area (Å²) in [7, 11) is 0. The maximum Gasteiger partial charge on any atom is 0.149 e. The molecule has 0 aromatic heterocycles. The molecule has 1 unspecified atom stereocenters. The van der Waals surface area contributed by atoms with Gasteiger partial charge in [0.05, 0.1) is 5.92 Å². The van der Waals surface area contributed by atoms with Gasteiger partial charge in [-0.1, -0.05) is 41.4 Å². The van der Waals surface area contributed by atoms with Gasteiger partial charge < -0.3 is 0 Å². The number of hydrogen-bond donors (Lipinski definition) is 0. The fourth-order valence-corrected chi connectivity index (χ4v) is 2.00. The summed E-state index contributed by atoms with van der Waals surface area (Å²) in [6.45, 7) is 0. The molecule has 70 valence electrons. The van der Waals surface area contributed by atoms with Crippen LogP contribution in [0.2, 0.25) is 0 Å². The second kappa shape index (κ2) is 3.14. The highest BCUT2D eigenvalue weighted by Crippen LogP contribution is 2.42. The van der Waals surface area contributed by atoms with Crippen LogP contribution in [0.15, 0.2) is 24.3 Å². The molecule has 0 spiro atoms. The molecule has 0 heterocycles. The zero-order valence-corrected chi connectivity index (χ0v) is 8.55. The van der Waals surface area contributed by atoms with Gasteiger partial charge in [0.25, 0.3) is 0 Å². The van der Waals surface area contributed by atoms with Crippen molar-refractivity contribution in [3.8, 4) is 0 Å². The molecule has 2 aliphatic rings. The van der Waals surface area contributed by atoms with Crippen LogP contribution in [-0.2, 0) is 4.79 Å². The molecule has 1 fully saturated rings. The first-order valence-electron chi connectivity index (χ1n) is 4.39. The Labute approximate surface area is 87.4 Å². The number of carbonyl (C=O) groups is 1. The summed E-state index contributed by atoms with van der Waals surface area (Å²) in [6, 6.07) is 0. The normalized spacial score (nSPS) is 30.5. The van der Waals surface area contributed by atoms with Crippen LogP contribution in [0.4, 0.5) is 0 Å². The van der Waals surface area contributed by atoms with Crippen molar-refractivity contribution in [2.75, 3.05) is 0 Å². The summed E-state index contributed by atoms with van der Waals surface area (Å²) in [5, 5.41) is 0. The van der Waals surface area contributed by atoms with E-state index in [9.17, 15) is 4.79 Å². The van der Waals surface area contributed by atoms with Gasteiger partial charge in [-0.25, -0.2) is 0 Å². The number of ketones is 1. The SMILES string of the molecule is O=C(C1CC1)C1C=CC=CC1(Cl)Cl. The second-order valence-corrected chi connectivity index (χ2v) is 5.02. The summed E-state index contributed by atoms with van der Waals surface area (Å²) >= 11 is 12.0. The molecule has 1 nitrogen and oxygen atoms in total. The molecule has 13 heavy (non-hydrogen) atoms. The molecule has 0 amide bonds. The van der Waals surface area contributed by atoms with E-state index in [2.05, 4.69) is 0 Å². The minimum Gasteiger partial charge on any atom is -0.299 e. The quantitative estimate of drug-likeness (QED) is 0.650. The van der Waals surface area contributed by atoms with Gasteiger partial charge in [0.1, 0.15) is 10.1 Å². The van der Waals surface area contributed by atoms with Crippen molar-refractivity contribution >= 4 is 29.0 Å². The highest BCUT2D eigenvalue weighted by molar-refractivity contribution is 6.51. The Morgan fingerprint density at radius 2 is 2.00 bits per heavy atom. The van der Waals surface area contributed by atoms with E-state index in [4.69, 9.17) is 23.2 Å². The molecule has 0 aromatic rings. The minimum absolute atomic E-state index is 0.186. The van der Waals surface area contributed by atoms with Crippen LogP contribution in [0.25, 0.3) is 0 Å². The Kier molecular flexibility index (Phi) is 2.25. The maximum atomic E-state index is 11.7. The summed E-state index contributed by atoms with van der Waals surface area (Å²) in [6.07, 6.45) is 9.06. The molecule has 3 heteroatoms. The highest BCUT2D eigenvalue weighted by Gasteiger charge is 2.43. The standard InChI is InChI=1S/C10H10Cl2O/c11-10(12)6-2-1-3-8(10)9(13)7-4-5-7/h1-3,6-8H,4-5H2. The molecule has 2 aliphatic carbocycles. The predicted octanol–water partition coefficient (Wildman–Crippen LogP) is 2.88. The van der Waals surface area contributed by atoms with E-state index in [1.165, 1.54) is 0 Å². The van der Waals surface area contributed by atoms with Crippen LogP contribution >= 0.6 is 23.2 Å². The van der Waals surface area contributed by atoms with Gasteiger partial charge in [-0.2, -0.15) is 0 Å². The first-order valence-corrected chi connectivity index (χ1v) is 5.14. The lowest BCUT2D eigenvalue weighted by atomic mass is 9.92. The van der Waals surface area contributed by atoms with E-state index < -0.39 is 4.33 Å². The van der Waals surface area contributed by atoms with Gasteiger partial charge in [-0.15, -0.1) is 0 Å². The van der Waals surface area contributed by atoms with Crippen LogP contribution in [0, 0.1) is 11.8 Å². The van der Waals surface area contributed by atoms with E-state index in [0.29, 0.717) is 0 Å². The van der Waals surface area contributed by atoms with Gasteiger partial charge in [0.2, 0.25) is 0 Å². The van der Waals surface area contributed by atoms with E-state index in [0.717, 1.165) is 12.8 Å². The zero-order chi connectivity index (χ0) is 9.47. The number of halogens is 2. The van der Waals surface area contributed by atoms with E-state index in [1.807, 2.05) is 6.08 Å². The minimum atomic E-state index is -1.03. The molecule has 0 bridgehead atoms. The average Bonchev–Trinajstić information content (AvgIpc) is 2.84. The van der Waals surface area contributed by atoms with E-state index in [1.54, 1.807) is 18.2 Å². The van der Waals surface area contributed by atoms with Crippen LogP contribution < -0.4 is 0 Å². The molecule has 0 N–H and O–H groups in total. The van der Waals surface area contributed by atoms with Crippen molar-refractivity contribution < 1.29 is 4.79 Å². The number of Topliss-reactive ketones (excluding diaryl/α,β-unsaturated/α-hetero) is 1. The second-order valence-electron chi connectivity index (χ2n) is 3.57. The maximum absolute atomic E-state index is 11.7. The Morgan fingerprint density at radius 1 is 1.31 bits per heavy atom. The lowest BCUT2D eigenvalue weighted by Gasteiger charge is -2.25. The predicted molar refractivity (Wildman–Crippen MR) is 53.9 cm³/mol. The molecule has 0 saturated heterocycles. The molecular weight excluding hydrogens is 207 g/mol. The molecule has 0 aromatic carbocycles. The monoisotopic (exact) mass is 216 g/mol. The summed E-state index contributed by atoms with van der Waals surface area (Å²) in [4.78, 5) is 11.7. The zero-order valence-electron chi connectivity index (χ0n) is 7.04. The summed E-state index contributed by atoms with van der Waals surface area (Å²) in [5.74, 6) is 0.0389. The lowest BCUT2D eigenvalue weighted by Crippen LogP contribution is -2.31. The van der Waals surface area contributed by atoms with Gasteiger partial charge in [0.15, 0.2) is 0 Å². The molecule has 1 saturated carbocycles. The number of rotatable bonds is 2. The van der Waals surface area contributed by atoms with Crippen molar-refractivity contribution in [1.29, 1.82) is 0 Å². The molecular formula is C10H10Cl2O. The summed E-state index contributed by atoms with van der Waals surface area (Å²) < 4.78 is -1.03. The number of allylic oxidation sites excluding steroid dienone is 4. The highest BCUT2D eigenvalue weighted by atomic mass is 35.5. The fraction of sp³-hybridized carbons (Fsp3) is 0.500. The first kappa shape index (κ1) is 9.29. The number of carbonyl (C=O) groups excluding carboxylic acids is 1. The first-order chi connectivity index (χ1) is 6.11. The Bertz CT molecular complexity index is 287.